The molecule has 3 rings (SSSR count). The number of aryl methyl sites for hydroxylation is 2. The van der Waals surface area contributed by atoms with Crippen LogP contribution in [-0.4, -0.2) is 25.3 Å². The molecule has 0 saturated carbocycles. The van der Waals surface area contributed by atoms with Crippen molar-refractivity contribution in [3.8, 4) is 0 Å². The van der Waals surface area contributed by atoms with Crippen molar-refractivity contribution in [2.45, 2.75) is 26.8 Å². The van der Waals surface area contributed by atoms with Crippen LogP contribution in [0.25, 0.3) is 5.65 Å². The monoisotopic (exact) mass is 301 g/mol. The zero-order chi connectivity index (χ0) is 14.8. The minimum atomic E-state index is -0.00856. The summed E-state index contributed by atoms with van der Waals surface area (Å²) < 4.78 is 1.91. The van der Waals surface area contributed by atoms with E-state index in [1.165, 1.54) is 0 Å². The standard InChI is InChI=1S/C14H15N5OS/c1-9-12(21-10(2)18-9)5-14(20)17-7-11-6-16-13-8-15-3-4-19(11)13/h3-4,6,8H,5,7H2,1-2H3,(H,17,20). The molecule has 3 aromatic heterocycles. The number of imidazole rings is 1. The summed E-state index contributed by atoms with van der Waals surface area (Å²) in [7, 11) is 0. The number of hydrogen-bond donors (Lipinski definition) is 1. The fourth-order valence-electron chi connectivity index (χ4n) is 2.16. The zero-order valence-corrected chi connectivity index (χ0v) is 12.6. The maximum atomic E-state index is 12.0. The topological polar surface area (TPSA) is 72.2 Å². The average Bonchev–Trinajstić information content (AvgIpc) is 3.00. The first-order valence-electron chi connectivity index (χ1n) is 6.59. The van der Waals surface area contributed by atoms with Gasteiger partial charge in [-0.15, -0.1) is 11.3 Å². The second kappa shape index (κ2) is 5.61. The van der Waals surface area contributed by atoms with Gasteiger partial charge in [-0.2, -0.15) is 0 Å². The van der Waals surface area contributed by atoms with Crippen molar-refractivity contribution in [3.05, 3.63) is 46.1 Å². The van der Waals surface area contributed by atoms with Gasteiger partial charge in [-0.05, 0) is 13.8 Å². The minimum absolute atomic E-state index is 0.00856. The van der Waals surface area contributed by atoms with E-state index in [4.69, 9.17) is 0 Å². The highest BCUT2D eigenvalue weighted by atomic mass is 32.1. The molecule has 0 aliphatic rings. The summed E-state index contributed by atoms with van der Waals surface area (Å²) in [6.45, 7) is 4.33. The predicted molar refractivity (Wildman–Crippen MR) is 80.1 cm³/mol. The van der Waals surface area contributed by atoms with Gasteiger partial charge < -0.3 is 5.32 Å². The summed E-state index contributed by atoms with van der Waals surface area (Å²) in [5.74, 6) is -0.00856. The summed E-state index contributed by atoms with van der Waals surface area (Å²) in [4.78, 5) is 25.6. The number of carbonyl (C=O) groups is 1. The van der Waals surface area contributed by atoms with Gasteiger partial charge in [-0.3, -0.25) is 14.2 Å². The molecule has 108 valence electrons. The van der Waals surface area contributed by atoms with Crippen LogP contribution in [-0.2, 0) is 17.8 Å². The smallest absolute Gasteiger partial charge is 0.225 e. The van der Waals surface area contributed by atoms with E-state index in [1.54, 1.807) is 29.9 Å². The Bertz CT molecular complexity index is 792. The van der Waals surface area contributed by atoms with Gasteiger partial charge in [0.2, 0.25) is 5.91 Å². The number of nitrogens with one attached hydrogen (secondary N) is 1. The first-order valence-corrected chi connectivity index (χ1v) is 7.40. The second-order valence-electron chi connectivity index (χ2n) is 4.75. The normalized spacial score (nSPS) is 11.0. The van der Waals surface area contributed by atoms with Crippen LogP contribution in [0, 0.1) is 13.8 Å². The van der Waals surface area contributed by atoms with Crippen LogP contribution < -0.4 is 5.32 Å². The SMILES string of the molecule is Cc1nc(C)c(CC(=O)NCc2cnc3cnccn23)s1. The fourth-order valence-corrected chi connectivity index (χ4v) is 3.10. The molecule has 0 atom stereocenters. The Kier molecular flexibility index (Phi) is 3.66. The van der Waals surface area contributed by atoms with Gasteiger partial charge in [-0.1, -0.05) is 0 Å². The third-order valence-corrected chi connectivity index (χ3v) is 4.25. The number of carbonyl (C=O) groups excluding carboxylic acids is 1. The summed E-state index contributed by atoms with van der Waals surface area (Å²) in [6.07, 6.45) is 7.34. The van der Waals surface area contributed by atoms with E-state index in [0.717, 1.165) is 26.9 Å². The lowest BCUT2D eigenvalue weighted by atomic mass is 10.3. The molecule has 7 heteroatoms. The van der Waals surface area contributed by atoms with Gasteiger partial charge in [0.15, 0.2) is 5.65 Å². The molecule has 1 N–H and O–H groups in total. The first kappa shape index (κ1) is 13.7. The van der Waals surface area contributed by atoms with Crippen molar-refractivity contribution in [1.82, 2.24) is 24.7 Å². The Morgan fingerprint density at radius 3 is 3.00 bits per heavy atom. The van der Waals surface area contributed by atoms with E-state index in [2.05, 4.69) is 20.3 Å². The molecule has 3 aromatic rings. The van der Waals surface area contributed by atoms with Gasteiger partial charge in [0.05, 0.1) is 41.8 Å². The largest absolute Gasteiger partial charge is 0.350 e. The van der Waals surface area contributed by atoms with Gasteiger partial charge in [0, 0.05) is 17.3 Å². The Hall–Kier alpha value is -2.28. The van der Waals surface area contributed by atoms with Crippen molar-refractivity contribution in [3.63, 3.8) is 0 Å². The molecule has 21 heavy (non-hydrogen) atoms. The molecule has 0 radical (unpaired) electrons. The number of nitrogens with zero attached hydrogens (tertiary/aromatic N) is 4. The molecule has 6 nitrogen and oxygen atoms in total. The van der Waals surface area contributed by atoms with E-state index < -0.39 is 0 Å². The van der Waals surface area contributed by atoms with Crippen LogP contribution in [0.2, 0.25) is 0 Å². The molecule has 0 saturated heterocycles. The summed E-state index contributed by atoms with van der Waals surface area (Å²) in [5.41, 5.74) is 2.64. The molecule has 0 bridgehead atoms. The fraction of sp³-hybridized carbons (Fsp3) is 0.286. The Labute approximate surface area is 125 Å². The van der Waals surface area contributed by atoms with Crippen LogP contribution in [0.3, 0.4) is 0 Å². The van der Waals surface area contributed by atoms with Crippen molar-refractivity contribution in [2.75, 3.05) is 0 Å². The predicted octanol–water partition coefficient (Wildman–Crippen LogP) is 1.66. The van der Waals surface area contributed by atoms with E-state index in [-0.39, 0.29) is 5.91 Å². The quantitative estimate of drug-likeness (QED) is 0.795. The third kappa shape index (κ3) is 2.92. The summed E-state index contributed by atoms with van der Waals surface area (Å²) in [5, 5.41) is 3.91. The van der Waals surface area contributed by atoms with E-state index in [0.29, 0.717) is 13.0 Å². The van der Waals surface area contributed by atoms with Crippen molar-refractivity contribution < 1.29 is 4.79 Å². The molecule has 0 fully saturated rings. The van der Waals surface area contributed by atoms with Crippen LogP contribution in [0.1, 0.15) is 21.3 Å². The van der Waals surface area contributed by atoms with Crippen LogP contribution in [0.5, 0.6) is 0 Å². The molecule has 0 aliphatic carbocycles. The highest BCUT2D eigenvalue weighted by Gasteiger charge is 2.11. The van der Waals surface area contributed by atoms with Crippen LogP contribution >= 0.6 is 11.3 Å². The van der Waals surface area contributed by atoms with Crippen molar-refractivity contribution in [2.24, 2.45) is 0 Å². The molecule has 1 amide bonds. The Balaban J connectivity index is 1.65. The molecule has 0 spiro atoms. The molecule has 0 aliphatic heterocycles. The zero-order valence-electron chi connectivity index (χ0n) is 11.8. The highest BCUT2D eigenvalue weighted by Crippen LogP contribution is 2.17. The Morgan fingerprint density at radius 1 is 1.38 bits per heavy atom. The number of aromatic nitrogens is 4. The average molecular weight is 301 g/mol. The number of amides is 1. The maximum Gasteiger partial charge on any atom is 0.225 e. The van der Waals surface area contributed by atoms with Gasteiger partial charge >= 0.3 is 0 Å². The third-order valence-electron chi connectivity index (χ3n) is 3.18. The van der Waals surface area contributed by atoms with Crippen LogP contribution in [0.15, 0.2) is 24.8 Å². The highest BCUT2D eigenvalue weighted by molar-refractivity contribution is 7.11. The molecular formula is C14H15N5OS. The van der Waals surface area contributed by atoms with E-state index >= 15 is 0 Å². The number of hydrogen-bond acceptors (Lipinski definition) is 5. The molecule has 3 heterocycles. The van der Waals surface area contributed by atoms with Crippen LogP contribution in [0.4, 0.5) is 0 Å². The second-order valence-corrected chi connectivity index (χ2v) is 6.04. The van der Waals surface area contributed by atoms with E-state index in [1.807, 2.05) is 24.4 Å². The van der Waals surface area contributed by atoms with Crippen molar-refractivity contribution in [1.29, 1.82) is 0 Å². The first-order chi connectivity index (χ1) is 10.1. The number of fused-ring (bicyclic) bond motifs is 1. The Morgan fingerprint density at radius 2 is 2.24 bits per heavy atom. The number of thiazole rings is 1. The van der Waals surface area contributed by atoms with Gasteiger partial charge in [-0.25, -0.2) is 9.97 Å². The molecular weight excluding hydrogens is 286 g/mol. The minimum Gasteiger partial charge on any atom is -0.350 e. The number of rotatable bonds is 4. The lowest BCUT2D eigenvalue weighted by molar-refractivity contribution is -0.120. The van der Waals surface area contributed by atoms with Gasteiger partial charge in [0.25, 0.3) is 0 Å². The maximum absolute atomic E-state index is 12.0. The molecule has 0 aromatic carbocycles. The lowest BCUT2D eigenvalue weighted by Crippen LogP contribution is -2.25. The summed E-state index contributed by atoms with van der Waals surface area (Å²) in [6, 6.07) is 0. The summed E-state index contributed by atoms with van der Waals surface area (Å²) >= 11 is 1.57. The molecule has 0 unspecified atom stereocenters. The van der Waals surface area contributed by atoms with E-state index in [9.17, 15) is 4.79 Å². The lowest BCUT2D eigenvalue weighted by Gasteiger charge is -2.04. The van der Waals surface area contributed by atoms with Gasteiger partial charge in [0.1, 0.15) is 0 Å². The van der Waals surface area contributed by atoms with Crippen molar-refractivity contribution >= 4 is 22.9 Å².